The summed E-state index contributed by atoms with van der Waals surface area (Å²) in [5.41, 5.74) is 2.06. The fourth-order valence-corrected chi connectivity index (χ4v) is 2.68. The molecule has 0 fully saturated rings. The van der Waals surface area contributed by atoms with Gasteiger partial charge in [0.15, 0.2) is 0 Å². The van der Waals surface area contributed by atoms with Crippen molar-refractivity contribution in [2.45, 2.75) is 32.7 Å². The molecular weight excluding hydrogens is 261 g/mol. The van der Waals surface area contributed by atoms with Crippen LogP contribution in [0.1, 0.15) is 43.9 Å². The molecule has 0 spiro atoms. The molecule has 2 aromatic rings. The summed E-state index contributed by atoms with van der Waals surface area (Å²) in [5, 5.41) is 3.48. The second-order valence-electron chi connectivity index (χ2n) is 5.91. The van der Waals surface area contributed by atoms with Crippen LogP contribution in [0.5, 0.6) is 0 Å². The smallest absolute Gasteiger partial charge is 0.127 e. The molecule has 2 rings (SSSR count). The minimum atomic E-state index is -0.140. The van der Waals surface area contributed by atoms with Gasteiger partial charge in [-0.2, -0.15) is 0 Å². The van der Waals surface area contributed by atoms with E-state index in [9.17, 15) is 4.39 Å². The van der Waals surface area contributed by atoms with Gasteiger partial charge in [-0.15, -0.1) is 0 Å². The van der Waals surface area contributed by atoms with E-state index in [4.69, 9.17) is 0 Å². The molecule has 0 saturated heterocycles. The van der Waals surface area contributed by atoms with Gasteiger partial charge < -0.3 is 5.32 Å². The fourth-order valence-electron chi connectivity index (χ4n) is 2.68. The standard InChI is InChI=1S/C19H24FN/c1-14(2)18(16-9-5-4-6-10-16)13-21-15(3)17-11-7-8-12-19(17)20/h4-12,14-15,18,21H,13H2,1-3H3. The minimum absolute atomic E-state index is 0.0103. The van der Waals surface area contributed by atoms with Gasteiger partial charge in [-0.3, -0.25) is 0 Å². The van der Waals surface area contributed by atoms with Gasteiger partial charge in [0.1, 0.15) is 5.82 Å². The van der Waals surface area contributed by atoms with Crippen LogP contribution in [0.3, 0.4) is 0 Å². The maximum Gasteiger partial charge on any atom is 0.127 e. The fraction of sp³-hybridized carbons (Fsp3) is 0.368. The van der Waals surface area contributed by atoms with Crippen LogP contribution in [-0.2, 0) is 0 Å². The Hall–Kier alpha value is -1.67. The maximum atomic E-state index is 13.8. The van der Waals surface area contributed by atoms with Crippen molar-refractivity contribution in [1.82, 2.24) is 5.32 Å². The van der Waals surface area contributed by atoms with Gasteiger partial charge in [0.2, 0.25) is 0 Å². The van der Waals surface area contributed by atoms with Crippen LogP contribution in [-0.4, -0.2) is 6.54 Å². The SMILES string of the molecule is CC(NCC(c1ccccc1)C(C)C)c1ccccc1F. The maximum absolute atomic E-state index is 13.8. The van der Waals surface area contributed by atoms with E-state index in [0.29, 0.717) is 11.8 Å². The number of hydrogen-bond donors (Lipinski definition) is 1. The Kier molecular flexibility index (Phi) is 5.51. The molecule has 2 unspecified atom stereocenters. The summed E-state index contributed by atoms with van der Waals surface area (Å²) in [6, 6.07) is 17.5. The molecule has 0 radical (unpaired) electrons. The summed E-state index contributed by atoms with van der Waals surface area (Å²) < 4.78 is 13.8. The van der Waals surface area contributed by atoms with Crippen LogP contribution in [0.2, 0.25) is 0 Å². The van der Waals surface area contributed by atoms with Gasteiger partial charge in [-0.05, 0) is 30.4 Å². The van der Waals surface area contributed by atoms with E-state index >= 15 is 0 Å². The van der Waals surface area contributed by atoms with Crippen molar-refractivity contribution in [2.75, 3.05) is 6.54 Å². The van der Waals surface area contributed by atoms with Gasteiger partial charge in [0, 0.05) is 18.2 Å². The van der Waals surface area contributed by atoms with Crippen LogP contribution in [0, 0.1) is 11.7 Å². The molecule has 2 atom stereocenters. The first-order valence-corrected chi connectivity index (χ1v) is 7.62. The highest BCUT2D eigenvalue weighted by Crippen LogP contribution is 2.25. The summed E-state index contributed by atoms with van der Waals surface area (Å²) in [7, 11) is 0. The van der Waals surface area contributed by atoms with E-state index in [1.54, 1.807) is 6.07 Å². The lowest BCUT2D eigenvalue weighted by atomic mass is 9.88. The molecule has 0 aliphatic heterocycles. The van der Waals surface area contributed by atoms with Gasteiger partial charge in [-0.1, -0.05) is 62.4 Å². The molecular formula is C19H24FN. The number of hydrogen-bond acceptors (Lipinski definition) is 1. The Morgan fingerprint density at radius 3 is 2.14 bits per heavy atom. The van der Waals surface area contributed by atoms with Crippen LogP contribution >= 0.6 is 0 Å². The van der Waals surface area contributed by atoms with Crippen molar-refractivity contribution >= 4 is 0 Å². The quantitative estimate of drug-likeness (QED) is 0.794. The average Bonchev–Trinajstić information content (AvgIpc) is 2.48. The average molecular weight is 285 g/mol. The zero-order valence-corrected chi connectivity index (χ0v) is 13.0. The molecule has 0 saturated carbocycles. The summed E-state index contributed by atoms with van der Waals surface area (Å²) >= 11 is 0. The Morgan fingerprint density at radius 1 is 0.905 bits per heavy atom. The Labute approximate surface area is 127 Å². The van der Waals surface area contributed by atoms with Crippen molar-refractivity contribution in [3.8, 4) is 0 Å². The Bertz CT molecular complexity index is 551. The first kappa shape index (κ1) is 15.7. The molecule has 0 heterocycles. The third-order valence-corrected chi connectivity index (χ3v) is 4.05. The predicted molar refractivity (Wildman–Crippen MR) is 86.8 cm³/mol. The summed E-state index contributed by atoms with van der Waals surface area (Å²) in [6.07, 6.45) is 0. The van der Waals surface area contributed by atoms with Crippen LogP contribution < -0.4 is 5.32 Å². The Morgan fingerprint density at radius 2 is 1.52 bits per heavy atom. The van der Waals surface area contributed by atoms with Crippen LogP contribution in [0.15, 0.2) is 54.6 Å². The first-order chi connectivity index (χ1) is 10.1. The van der Waals surface area contributed by atoms with Crippen molar-refractivity contribution < 1.29 is 4.39 Å². The van der Waals surface area contributed by atoms with Crippen molar-refractivity contribution in [2.24, 2.45) is 5.92 Å². The van der Waals surface area contributed by atoms with Gasteiger partial charge in [-0.25, -0.2) is 4.39 Å². The number of rotatable bonds is 6. The first-order valence-electron chi connectivity index (χ1n) is 7.62. The van der Waals surface area contributed by atoms with Gasteiger partial charge in [0.05, 0.1) is 0 Å². The highest BCUT2D eigenvalue weighted by atomic mass is 19.1. The van der Waals surface area contributed by atoms with Crippen molar-refractivity contribution in [3.05, 3.63) is 71.5 Å². The number of benzene rings is 2. The molecule has 0 aliphatic carbocycles. The van der Waals surface area contributed by atoms with E-state index in [1.807, 2.05) is 25.1 Å². The summed E-state index contributed by atoms with van der Waals surface area (Å²) in [5.74, 6) is 0.825. The Balaban J connectivity index is 2.04. The molecule has 0 aliphatic rings. The molecule has 1 N–H and O–H groups in total. The molecule has 0 aromatic heterocycles. The summed E-state index contributed by atoms with van der Waals surface area (Å²) in [6.45, 7) is 7.32. The molecule has 1 nitrogen and oxygen atoms in total. The van der Waals surface area contributed by atoms with Crippen LogP contribution in [0.25, 0.3) is 0 Å². The van der Waals surface area contributed by atoms with Crippen molar-refractivity contribution in [1.29, 1.82) is 0 Å². The van der Waals surface area contributed by atoms with E-state index < -0.39 is 0 Å². The highest BCUT2D eigenvalue weighted by molar-refractivity contribution is 5.22. The highest BCUT2D eigenvalue weighted by Gasteiger charge is 2.17. The number of nitrogens with one attached hydrogen (secondary N) is 1. The molecule has 21 heavy (non-hydrogen) atoms. The predicted octanol–water partition coefficient (Wildman–Crippen LogP) is 4.92. The lowest BCUT2D eigenvalue weighted by molar-refractivity contribution is 0.430. The van der Waals surface area contributed by atoms with E-state index in [1.165, 1.54) is 11.6 Å². The monoisotopic (exact) mass is 285 g/mol. The minimum Gasteiger partial charge on any atom is -0.309 e. The molecule has 0 bridgehead atoms. The lowest BCUT2D eigenvalue weighted by Gasteiger charge is -2.24. The van der Waals surface area contributed by atoms with E-state index in [2.05, 4.69) is 43.4 Å². The van der Waals surface area contributed by atoms with Gasteiger partial charge in [0.25, 0.3) is 0 Å². The van der Waals surface area contributed by atoms with E-state index in [0.717, 1.165) is 12.1 Å². The molecule has 112 valence electrons. The van der Waals surface area contributed by atoms with Crippen LogP contribution in [0.4, 0.5) is 4.39 Å². The van der Waals surface area contributed by atoms with Gasteiger partial charge >= 0.3 is 0 Å². The molecule has 2 aromatic carbocycles. The lowest BCUT2D eigenvalue weighted by Crippen LogP contribution is -2.27. The molecule has 2 heteroatoms. The number of halogens is 1. The largest absolute Gasteiger partial charge is 0.309 e. The molecule has 0 amide bonds. The third kappa shape index (κ3) is 4.15. The zero-order chi connectivity index (χ0) is 15.2. The normalized spacial score (nSPS) is 14.1. The second-order valence-corrected chi connectivity index (χ2v) is 5.91. The zero-order valence-electron chi connectivity index (χ0n) is 13.0. The third-order valence-electron chi connectivity index (χ3n) is 4.05. The van der Waals surface area contributed by atoms with E-state index in [-0.39, 0.29) is 11.9 Å². The van der Waals surface area contributed by atoms with Crippen molar-refractivity contribution in [3.63, 3.8) is 0 Å². The second kappa shape index (κ2) is 7.37. The topological polar surface area (TPSA) is 12.0 Å². The summed E-state index contributed by atoms with van der Waals surface area (Å²) in [4.78, 5) is 0.